The number of carbonyl (C=O) groups excluding carboxylic acids is 1. The fourth-order valence-corrected chi connectivity index (χ4v) is 5.36. The smallest absolute Gasteiger partial charge is 0.264 e. The monoisotopic (exact) mass is 528 g/mol. The number of nitrogens with one attached hydrogen (secondary N) is 1. The van der Waals surface area contributed by atoms with Crippen molar-refractivity contribution < 1.29 is 17.9 Å². The molecule has 36 heavy (non-hydrogen) atoms. The second-order valence-electron chi connectivity index (χ2n) is 9.80. The zero-order valence-electron chi connectivity index (χ0n) is 21.5. The third-order valence-electron chi connectivity index (χ3n) is 5.96. The van der Waals surface area contributed by atoms with Crippen molar-refractivity contribution in [3.05, 3.63) is 88.4 Å². The van der Waals surface area contributed by atoms with Crippen LogP contribution in [0.25, 0.3) is 0 Å². The zero-order chi connectivity index (χ0) is 26.7. The van der Waals surface area contributed by atoms with Crippen LogP contribution in [0.3, 0.4) is 0 Å². The van der Waals surface area contributed by atoms with Crippen molar-refractivity contribution in [3.63, 3.8) is 0 Å². The zero-order valence-corrected chi connectivity index (χ0v) is 23.1. The van der Waals surface area contributed by atoms with E-state index in [1.165, 1.54) is 30.9 Å². The average Bonchev–Trinajstić information content (AvgIpc) is 2.82. The first-order valence-corrected chi connectivity index (χ1v) is 13.5. The summed E-state index contributed by atoms with van der Waals surface area (Å²) in [5, 5.41) is 3.24. The van der Waals surface area contributed by atoms with Crippen molar-refractivity contribution in [2.45, 2.75) is 51.0 Å². The number of carbonyl (C=O) groups is 1. The number of ether oxygens (including phenoxy) is 1. The van der Waals surface area contributed by atoms with Gasteiger partial charge in [-0.05, 0) is 60.7 Å². The van der Waals surface area contributed by atoms with Crippen molar-refractivity contribution >= 4 is 33.2 Å². The van der Waals surface area contributed by atoms with Gasteiger partial charge in [-0.3, -0.25) is 9.10 Å². The molecule has 0 fully saturated rings. The average molecular weight is 529 g/mol. The van der Waals surface area contributed by atoms with Gasteiger partial charge in [0, 0.05) is 5.02 Å². The lowest BCUT2D eigenvalue weighted by molar-refractivity contribution is -0.120. The van der Waals surface area contributed by atoms with Gasteiger partial charge in [0.2, 0.25) is 5.91 Å². The Balaban J connectivity index is 1.92. The lowest BCUT2D eigenvalue weighted by Crippen LogP contribution is -2.41. The maximum Gasteiger partial charge on any atom is 0.264 e. The summed E-state index contributed by atoms with van der Waals surface area (Å²) >= 11 is 6.20. The highest BCUT2D eigenvalue weighted by atomic mass is 35.5. The highest BCUT2D eigenvalue weighted by Gasteiger charge is 2.30. The van der Waals surface area contributed by atoms with Gasteiger partial charge < -0.3 is 10.1 Å². The molecule has 192 valence electrons. The Morgan fingerprint density at radius 3 is 2.19 bits per heavy atom. The maximum atomic E-state index is 13.7. The standard InChI is InChI=1S/C28H33ClN2O4S/c1-19-7-14-24(15-8-19)36(33,34)31(25-17-23(29)13-16-26(25)35-6)18-27(32)30-20(2)21-9-11-22(12-10-21)28(3,4)5/h7-17,20H,18H2,1-6H3,(H,30,32)/t20-/m0/s1. The molecule has 0 unspecified atom stereocenters. The quantitative estimate of drug-likeness (QED) is 0.387. The van der Waals surface area contributed by atoms with Gasteiger partial charge in [-0.2, -0.15) is 0 Å². The van der Waals surface area contributed by atoms with E-state index in [1.807, 2.05) is 38.1 Å². The third-order valence-corrected chi connectivity index (χ3v) is 7.97. The van der Waals surface area contributed by atoms with Crippen molar-refractivity contribution in [1.29, 1.82) is 0 Å². The topological polar surface area (TPSA) is 75.7 Å². The highest BCUT2D eigenvalue weighted by Crippen LogP contribution is 2.35. The van der Waals surface area contributed by atoms with Crippen molar-refractivity contribution in [1.82, 2.24) is 5.32 Å². The van der Waals surface area contributed by atoms with E-state index in [0.717, 1.165) is 15.4 Å². The SMILES string of the molecule is COc1ccc(Cl)cc1N(CC(=O)N[C@@H](C)c1ccc(C(C)(C)C)cc1)S(=O)(=O)c1ccc(C)cc1. The summed E-state index contributed by atoms with van der Waals surface area (Å²) in [6.07, 6.45) is 0. The van der Waals surface area contributed by atoms with Crippen LogP contribution >= 0.6 is 11.6 Å². The van der Waals surface area contributed by atoms with E-state index in [4.69, 9.17) is 16.3 Å². The molecule has 0 aliphatic heterocycles. The fraction of sp³-hybridized carbons (Fsp3) is 0.321. The largest absolute Gasteiger partial charge is 0.495 e. The van der Waals surface area contributed by atoms with Gasteiger partial charge in [0.05, 0.1) is 23.7 Å². The lowest BCUT2D eigenvalue weighted by Gasteiger charge is -2.27. The molecule has 0 radical (unpaired) electrons. The number of amides is 1. The molecular formula is C28H33ClN2O4S. The van der Waals surface area contributed by atoms with Gasteiger partial charge in [-0.15, -0.1) is 0 Å². The number of aryl methyl sites for hydroxylation is 1. The van der Waals surface area contributed by atoms with E-state index in [2.05, 4.69) is 26.1 Å². The lowest BCUT2D eigenvalue weighted by atomic mass is 9.86. The Bertz CT molecular complexity index is 1320. The first kappa shape index (κ1) is 27.6. The molecule has 8 heteroatoms. The van der Waals surface area contributed by atoms with Crippen LogP contribution in [0, 0.1) is 6.92 Å². The van der Waals surface area contributed by atoms with Crippen molar-refractivity contribution in [2.24, 2.45) is 0 Å². The van der Waals surface area contributed by atoms with Gasteiger partial charge in [-0.1, -0.05) is 74.3 Å². The summed E-state index contributed by atoms with van der Waals surface area (Å²) in [6.45, 7) is 9.71. The second-order valence-corrected chi connectivity index (χ2v) is 12.1. The molecule has 1 atom stereocenters. The summed E-state index contributed by atoms with van der Waals surface area (Å²) in [5.41, 5.74) is 3.23. The molecule has 0 saturated carbocycles. The molecule has 0 aliphatic rings. The molecular weight excluding hydrogens is 496 g/mol. The van der Waals surface area contributed by atoms with E-state index in [-0.39, 0.29) is 27.8 Å². The van der Waals surface area contributed by atoms with Crippen LogP contribution in [-0.2, 0) is 20.2 Å². The minimum Gasteiger partial charge on any atom is -0.495 e. The minimum atomic E-state index is -4.10. The molecule has 0 bridgehead atoms. The molecule has 0 heterocycles. The van der Waals surface area contributed by atoms with Gasteiger partial charge in [0.15, 0.2) is 0 Å². The Morgan fingerprint density at radius 2 is 1.64 bits per heavy atom. The van der Waals surface area contributed by atoms with E-state index >= 15 is 0 Å². The molecule has 6 nitrogen and oxygen atoms in total. The molecule has 0 aliphatic carbocycles. The molecule has 0 spiro atoms. The summed E-state index contributed by atoms with van der Waals surface area (Å²) < 4.78 is 33.8. The number of hydrogen-bond donors (Lipinski definition) is 1. The van der Waals surface area contributed by atoms with Crippen LogP contribution in [0.4, 0.5) is 5.69 Å². The second kappa shape index (κ2) is 10.9. The number of benzene rings is 3. The van der Waals surface area contributed by atoms with Crippen molar-refractivity contribution in [2.75, 3.05) is 18.0 Å². The summed E-state index contributed by atoms with van der Waals surface area (Å²) in [4.78, 5) is 13.2. The summed E-state index contributed by atoms with van der Waals surface area (Å²) in [7, 11) is -2.67. The van der Waals surface area contributed by atoms with Crippen LogP contribution in [0.1, 0.15) is 50.4 Å². The Hall–Kier alpha value is -3.03. The van der Waals surface area contributed by atoms with E-state index in [0.29, 0.717) is 5.02 Å². The number of sulfonamides is 1. The Kier molecular flexibility index (Phi) is 8.37. The molecule has 1 amide bonds. The minimum absolute atomic E-state index is 0.0197. The predicted molar refractivity (Wildman–Crippen MR) is 145 cm³/mol. The van der Waals surface area contributed by atoms with Crippen molar-refractivity contribution in [3.8, 4) is 5.75 Å². The first-order valence-electron chi connectivity index (χ1n) is 11.7. The number of methoxy groups -OCH3 is 1. The maximum absolute atomic E-state index is 13.7. The molecule has 0 saturated heterocycles. The van der Waals surface area contributed by atoms with Crippen LogP contribution in [-0.4, -0.2) is 28.0 Å². The van der Waals surface area contributed by atoms with E-state index in [9.17, 15) is 13.2 Å². The summed E-state index contributed by atoms with van der Waals surface area (Å²) in [5.74, 6) is -0.172. The van der Waals surface area contributed by atoms with Gasteiger partial charge in [-0.25, -0.2) is 8.42 Å². The molecule has 0 aromatic heterocycles. The van der Waals surface area contributed by atoms with Gasteiger partial charge in [0.25, 0.3) is 10.0 Å². The molecule has 3 aromatic rings. The van der Waals surface area contributed by atoms with Crippen LogP contribution in [0.15, 0.2) is 71.6 Å². The number of hydrogen-bond acceptors (Lipinski definition) is 4. The predicted octanol–water partition coefficient (Wildman–Crippen LogP) is 6.03. The number of rotatable bonds is 8. The van der Waals surface area contributed by atoms with Crippen LogP contribution in [0.5, 0.6) is 5.75 Å². The highest BCUT2D eigenvalue weighted by molar-refractivity contribution is 7.92. The number of halogens is 1. The molecule has 3 rings (SSSR count). The Labute approximate surface area is 219 Å². The summed E-state index contributed by atoms with van der Waals surface area (Å²) in [6, 6.07) is 18.8. The van der Waals surface area contributed by atoms with Crippen LogP contribution in [0.2, 0.25) is 5.02 Å². The number of nitrogens with zero attached hydrogens (tertiary/aromatic N) is 1. The number of anilines is 1. The van der Waals surface area contributed by atoms with Crippen LogP contribution < -0.4 is 14.4 Å². The molecule has 3 aromatic carbocycles. The first-order chi connectivity index (χ1) is 16.8. The normalized spacial score (nSPS) is 12.6. The molecule has 1 N–H and O–H groups in total. The fourth-order valence-electron chi connectivity index (χ4n) is 3.77. The van der Waals surface area contributed by atoms with Gasteiger partial charge in [0.1, 0.15) is 12.3 Å². The van der Waals surface area contributed by atoms with E-state index < -0.39 is 22.5 Å². The Morgan fingerprint density at radius 1 is 1.03 bits per heavy atom. The van der Waals surface area contributed by atoms with Gasteiger partial charge >= 0.3 is 0 Å². The third kappa shape index (κ3) is 6.39. The van der Waals surface area contributed by atoms with E-state index in [1.54, 1.807) is 24.3 Å².